The Morgan fingerprint density at radius 3 is 2.25 bits per heavy atom. The second-order valence-electron chi connectivity index (χ2n) is 6.14. The van der Waals surface area contributed by atoms with Crippen LogP contribution in [0.25, 0.3) is 0 Å². The molecule has 0 aromatic carbocycles. The fourth-order valence-electron chi connectivity index (χ4n) is 1.33. The first-order valence-electron chi connectivity index (χ1n) is 6.17. The zero-order valence-corrected chi connectivity index (χ0v) is 11.8. The monoisotopic (exact) mass is 230 g/mol. The minimum atomic E-state index is -0.332. The Morgan fingerprint density at radius 2 is 1.81 bits per heavy atom. The molecule has 0 saturated heterocycles. The summed E-state index contributed by atoms with van der Waals surface area (Å²) in [4.78, 5) is 11.8. The summed E-state index contributed by atoms with van der Waals surface area (Å²) in [6, 6.07) is 0. The highest BCUT2D eigenvalue weighted by Gasteiger charge is 2.28. The van der Waals surface area contributed by atoms with E-state index in [9.17, 15) is 4.79 Å². The molecule has 0 bridgehead atoms. The number of hydrogen-bond donors (Lipinski definition) is 0. The second-order valence-corrected chi connectivity index (χ2v) is 6.14. The number of ether oxygens (including phenoxy) is 1. The van der Waals surface area contributed by atoms with Crippen molar-refractivity contribution in [3.05, 3.63) is 0 Å². The minimum absolute atomic E-state index is 0.0607. The van der Waals surface area contributed by atoms with Gasteiger partial charge in [-0.2, -0.15) is 0 Å². The third-order valence-electron chi connectivity index (χ3n) is 2.70. The molecular formula is C13H28NO2+. The second kappa shape index (κ2) is 6.24. The molecule has 0 N–H and O–H groups in total. The van der Waals surface area contributed by atoms with Gasteiger partial charge in [0.1, 0.15) is 13.2 Å². The minimum Gasteiger partial charge on any atom is -0.459 e. The van der Waals surface area contributed by atoms with Crippen molar-refractivity contribution in [2.45, 2.75) is 40.0 Å². The average Bonchev–Trinajstić information content (AvgIpc) is 2.12. The SMILES string of the molecule is CCCCC(C)(C)C(=O)OCC[N+](C)(C)C. The lowest BCUT2D eigenvalue weighted by atomic mass is 9.87. The van der Waals surface area contributed by atoms with Crippen molar-refractivity contribution >= 4 is 5.97 Å². The van der Waals surface area contributed by atoms with Crippen molar-refractivity contribution in [2.24, 2.45) is 5.41 Å². The van der Waals surface area contributed by atoms with Crippen LogP contribution >= 0.6 is 0 Å². The van der Waals surface area contributed by atoms with Crippen molar-refractivity contribution in [1.82, 2.24) is 0 Å². The van der Waals surface area contributed by atoms with Gasteiger partial charge < -0.3 is 9.22 Å². The van der Waals surface area contributed by atoms with E-state index in [4.69, 9.17) is 4.74 Å². The summed E-state index contributed by atoms with van der Waals surface area (Å²) in [5, 5.41) is 0. The van der Waals surface area contributed by atoms with Crippen LogP contribution < -0.4 is 0 Å². The molecule has 3 nitrogen and oxygen atoms in total. The van der Waals surface area contributed by atoms with E-state index in [1.165, 1.54) is 0 Å². The Hall–Kier alpha value is -0.570. The van der Waals surface area contributed by atoms with Gasteiger partial charge in [-0.3, -0.25) is 4.79 Å². The molecule has 16 heavy (non-hydrogen) atoms. The van der Waals surface area contributed by atoms with Gasteiger partial charge in [0, 0.05) is 0 Å². The first kappa shape index (κ1) is 15.4. The third-order valence-corrected chi connectivity index (χ3v) is 2.70. The fourth-order valence-corrected chi connectivity index (χ4v) is 1.33. The molecule has 96 valence electrons. The summed E-state index contributed by atoms with van der Waals surface area (Å²) in [6.07, 6.45) is 3.11. The van der Waals surface area contributed by atoms with E-state index < -0.39 is 0 Å². The van der Waals surface area contributed by atoms with Crippen molar-refractivity contribution in [1.29, 1.82) is 0 Å². The molecule has 0 saturated carbocycles. The van der Waals surface area contributed by atoms with Crippen LogP contribution in [0.3, 0.4) is 0 Å². The van der Waals surface area contributed by atoms with E-state index >= 15 is 0 Å². The smallest absolute Gasteiger partial charge is 0.311 e. The number of likely N-dealkylation sites (N-methyl/N-ethyl adjacent to an activating group) is 1. The standard InChI is InChI=1S/C13H28NO2/c1-7-8-9-13(2,3)12(15)16-11-10-14(4,5)6/h7-11H2,1-6H3/q+1. The maximum atomic E-state index is 11.8. The predicted octanol–water partition coefficient (Wildman–Crippen LogP) is 2.45. The molecule has 0 atom stereocenters. The maximum Gasteiger partial charge on any atom is 0.311 e. The summed E-state index contributed by atoms with van der Waals surface area (Å²) in [5.74, 6) is -0.0607. The molecule has 0 fully saturated rings. The van der Waals surface area contributed by atoms with Crippen LogP contribution in [0.4, 0.5) is 0 Å². The largest absolute Gasteiger partial charge is 0.459 e. The van der Waals surface area contributed by atoms with Gasteiger partial charge in [-0.05, 0) is 20.3 Å². The highest BCUT2D eigenvalue weighted by atomic mass is 16.5. The number of unbranched alkanes of at least 4 members (excludes halogenated alkanes) is 1. The van der Waals surface area contributed by atoms with Crippen LogP contribution in [-0.2, 0) is 9.53 Å². The lowest BCUT2D eigenvalue weighted by molar-refractivity contribution is -0.870. The zero-order chi connectivity index (χ0) is 12.8. The van der Waals surface area contributed by atoms with Crippen LogP contribution in [0.1, 0.15) is 40.0 Å². The Labute approximate surface area is 100 Å². The average molecular weight is 230 g/mol. The van der Waals surface area contributed by atoms with Crippen LogP contribution in [-0.4, -0.2) is 44.7 Å². The van der Waals surface area contributed by atoms with Crippen LogP contribution in [0, 0.1) is 5.41 Å². The number of carbonyl (C=O) groups is 1. The highest BCUT2D eigenvalue weighted by molar-refractivity contribution is 5.75. The van der Waals surface area contributed by atoms with E-state index in [2.05, 4.69) is 28.1 Å². The molecule has 0 aliphatic carbocycles. The van der Waals surface area contributed by atoms with Gasteiger partial charge in [-0.25, -0.2) is 0 Å². The van der Waals surface area contributed by atoms with E-state index in [1.54, 1.807) is 0 Å². The Kier molecular flexibility index (Phi) is 6.01. The molecular weight excluding hydrogens is 202 g/mol. The first-order chi connectivity index (χ1) is 7.19. The molecule has 0 spiro atoms. The van der Waals surface area contributed by atoms with E-state index in [-0.39, 0.29) is 11.4 Å². The number of carbonyl (C=O) groups excluding carboxylic acids is 1. The lowest BCUT2D eigenvalue weighted by Crippen LogP contribution is -2.39. The fraction of sp³-hybridized carbons (Fsp3) is 0.923. The van der Waals surface area contributed by atoms with E-state index in [0.717, 1.165) is 30.3 Å². The summed E-state index contributed by atoms with van der Waals surface area (Å²) in [5.41, 5.74) is -0.332. The summed E-state index contributed by atoms with van der Waals surface area (Å²) >= 11 is 0. The third kappa shape index (κ3) is 6.83. The van der Waals surface area contributed by atoms with Gasteiger partial charge in [0.2, 0.25) is 0 Å². The van der Waals surface area contributed by atoms with Crippen LogP contribution in [0.2, 0.25) is 0 Å². The van der Waals surface area contributed by atoms with Crippen molar-refractivity contribution < 1.29 is 14.0 Å². The predicted molar refractivity (Wildman–Crippen MR) is 67.2 cm³/mol. The number of esters is 1. The maximum absolute atomic E-state index is 11.8. The summed E-state index contributed by atoms with van der Waals surface area (Å²) in [7, 11) is 6.28. The van der Waals surface area contributed by atoms with Gasteiger partial charge in [-0.1, -0.05) is 19.8 Å². The molecule has 0 unspecified atom stereocenters. The van der Waals surface area contributed by atoms with Crippen molar-refractivity contribution in [3.8, 4) is 0 Å². The van der Waals surface area contributed by atoms with Crippen LogP contribution in [0.15, 0.2) is 0 Å². The normalized spacial score (nSPS) is 12.6. The molecule has 0 rings (SSSR count). The Balaban J connectivity index is 3.95. The first-order valence-corrected chi connectivity index (χ1v) is 6.17. The zero-order valence-electron chi connectivity index (χ0n) is 11.8. The van der Waals surface area contributed by atoms with Crippen molar-refractivity contribution in [2.75, 3.05) is 34.3 Å². The van der Waals surface area contributed by atoms with Gasteiger partial charge in [0.15, 0.2) is 0 Å². The number of quaternary nitrogens is 1. The number of rotatable bonds is 7. The highest BCUT2D eigenvalue weighted by Crippen LogP contribution is 2.24. The topological polar surface area (TPSA) is 26.3 Å². The molecule has 0 aliphatic heterocycles. The number of hydrogen-bond acceptors (Lipinski definition) is 2. The molecule has 3 heteroatoms. The lowest BCUT2D eigenvalue weighted by Gasteiger charge is -2.26. The number of nitrogens with zero attached hydrogens (tertiary/aromatic N) is 1. The summed E-state index contributed by atoms with van der Waals surface area (Å²) < 4.78 is 6.15. The van der Waals surface area contributed by atoms with E-state index in [0.29, 0.717) is 6.61 Å². The molecule has 0 aromatic rings. The quantitative estimate of drug-likeness (QED) is 0.496. The molecule has 0 heterocycles. The molecule has 0 aliphatic rings. The molecule has 0 amide bonds. The van der Waals surface area contributed by atoms with Crippen molar-refractivity contribution in [3.63, 3.8) is 0 Å². The Morgan fingerprint density at radius 1 is 1.25 bits per heavy atom. The van der Waals surface area contributed by atoms with Gasteiger partial charge in [0.25, 0.3) is 0 Å². The van der Waals surface area contributed by atoms with E-state index in [1.807, 2.05) is 13.8 Å². The van der Waals surface area contributed by atoms with Gasteiger partial charge in [-0.15, -0.1) is 0 Å². The molecule has 0 aromatic heterocycles. The van der Waals surface area contributed by atoms with Gasteiger partial charge >= 0.3 is 5.97 Å². The van der Waals surface area contributed by atoms with Crippen LogP contribution in [0.5, 0.6) is 0 Å². The Bertz CT molecular complexity index is 216. The summed E-state index contributed by atoms with van der Waals surface area (Å²) in [6.45, 7) is 7.44. The van der Waals surface area contributed by atoms with Gasteiger partial charge in [0.05, 0.1) is 26.6 Å². The molecule has 0 radical (unpaired) electrons.